The normalized spacial score (nSPS) is 17.9. The number of aryl methyl sites for hydroxylation is 1. The van der Waals surface area contributed by atoms with Crippen LogP contribution in [0.2, 0.25) is 0 Å². The van der Waals surface area contributed by atoms with Crippen LogP contribution in [0.4, 0.5) is 0 Å². The van der Waals surface area contributed by atoms with Crippen LogP contribution in [-0.2, 0) is 16.4 Å². The summed E-state index contributed by atoms with van der Waals surface area (Å²) in [5.41, 5.74) is 1.02. The van der Waals surface area contributed by atoms with Gasteiger partial charge in [0, 0.05) is 25.0 Å². The molecule has 1 saturated heterocycles. The second kappa shape index (κ2) is 8.74. The Labute approximate surface area is 165 Å². The molecule has 1 unspecified atom stereocenters. The molecule has 8 nitrogen and oxygen atoms in total. The van der Waals surface area contributed by atoms with Gasteiger partial charge in [0.2, 0.25) is 10.0 Å². The van der Waals surface area contributed by atoms with Gasteiger partial charge in [0.15, 0.2) is 0 Å². The summed E-state index contributed by atoms with van der Waals surface area (Å²) in [5, 5.41) is 0. The highest BCUT2D eigenvalue weighted by Crippen LogP contribution is 2.32. The summed E-state index contributed by atoms with van der Waals surface area (Å²) in [6, 6.07) is 5.00. The Morgan fingerprint density at radius 3 is 2.57 bits per heavy atom. The number of nitrogens with zero attached hydrogens (tertiary/aromatic N) is 3. The van der Waals surface area contributed by atoms with Crippen LogP contribution < -0.4 is 14.2 Å². The van der Waals surface area contributed by atoms with Crippen LogP contribution in [-0.4, -0.2) is 56.1 Å². The fraction of sp³-hybridized carbons (Fsp3) is 0.474. The zero-order valence-electron chi connectivity index (χ0n) is 16.3. The van der Waals surface area contributed by atoms with E-state index in [-0.39, 0.29) is 29.3 Å². The third-order valence-corrected chi connectivity index (χ3v) is 6.58. The third-order valence-electron chi connectivity index (χ3n) is 4.69. The first kappa shape index (κ1) is 20.3. The molecule has 0 saturated carbocycles. The molecule has 1 aliphatic rings. The highest BCUT2D eigenvalue weighted by molar-refractivity contribution is 7.89. The monoisotopic (exact) mass is 407 g/mol. The quantitative estimate of drug-likeness (QED) is 0.695. The molecule has 0 radical (unpaired) electrons. The Morgan fingerprint density at radius 2 is 1.93 bits per heavy atom. The van der Waals surface area contributed by atoms with Gasteiger partial charge in [-0.25, -0.2) is 18.4 Å². The van der Waals surface area contributed by atoms with E-state index in [4.69, 9.17) is 14.2 Å². The lowest BCUT2D eigenvalue weighted by atomic mass is 10.1. The first-order chi connectivity index (χ1) is 13.5. The molecule has 1 aromatic heterocycles. The van der Waals surface area contributed by atoms with Gasteiger partial charge in [0.25, 0.3) is 0 Å². The molecule has 2 heterocycles. The number of ether oxygens (including phenoxy) is 3. The van der Waals surface area contributed by atoms with Crippen LogP contribution in [0.15, 0.2) is 35.5 Å². The molecule has 1 aromatic carbocycles. The zero-order chi connectivity index (χ0) is 20.1. The van der Waals surface area contributed by atoms with E-state index in [0.717, 1.165) is 18.4 Å². The molecule has 1 atom stereocenters. The summed E-state index contributed by atoms with van der Waals surface area (Å²) < 4.78 is 44.1. The van der Waals surface area contributed by atoms with Gasteiger partial charge in [-0.05, 0) is 37.0 Å². The molecule has 0 N–H and O–H groups in total. The van der Waals surface area contributed by atoms with E-state index in [0.29, 0.717) is 18.7 Å². The van der Waals surface area contributed by atoms with Crippen molar-refractivity contribution in [2.75, 3.05) is 27.3 Å². The van der Waals surface area contributed by atoms with E-state index >= 15 is 0 Å². The van der Waals surface area contributed by atoms with Crippen molar-refractivity contribution in [2.24, 2.45) is 0 Å². The highest BCUT2D eigenvalue weighted by atomic mass is 32.2. The van der Waals surface area contributed by atoms with Gasteiger partial charge in [-0.15, -0.1) is 0 Å². The molecular weight excluding hydrogens is 382 g/mol. The Kier molecular flexibility index (Phi) is 6.35. The summed E-state index contributed by atoms with van der Waals surface area (Å²) >= 11 is 0. The average Bonchev–Trinajstić information content (AvgIpc) is 2.74. The lowest BCUT2D eigenvalue weighted by Gasteiger charge is -2.31. The Balaban J connectivity index is 1.79. The van der Waals surface area contributed by atoms with Crippen molar-refractivity contribution in [3.63, 3.8) is 0 Å². The molecule has 0 amide bonds. The van der Waals surface area contributed by atoms with Gasteiger partial charge >= 0.3 is 6.01 Å². The van der Waals surface area contributed by atoms with Gasteiger partial charge in [0.05, 0.1) is 20.8 Å². The van der Waals surface area contributed by atoms with Crippen molar-refractivity contribution in [3.8, 4) is 17.5 Å². The first-order valence-corrected chi connectivity index (χ1v) is 10.6. The van der Waals surface area contributed by atoms with Crippen LogP contribution in [0.25, 0.3) is 0 Å². The van der Waals surface area contributed by atoms with Crippen LogP contribution in [0.3, 0.4) is 0 Å². The topological polar surface area (TPSA) is 90.9 Å². The van der Waals surface area contributed by atoms with Crippen molar-refractivity contribution >= 4 is 10.0 Å². The summed E-state index contributed by atoms with van der Waals surface area (Å²) in [6.07, 6.45) is 5.40. The number of piperidine rings is 1. The van der Waals surface area contributed by atoms with Crippen LogP contribution in [0.5, 0.6) is 17.5 Å². The maximum Gasteiger partial charge on any atom is 0.316 e. The largest absolute Gasteiger partial charge is 0.497 e. The van der Waals surface area contributed by atoms with Crippen molar-refractivity contribution in [1.29, 1.82) is 0 Å². The maximum atomic E-state index is 13.2. The second-order valence-corrected chi connectivity index (χ2v) is 8.40. The molecule has 9 heteroatoms. The fourth-order valence-electron chi connectivity index (χ4n) is 3.08. The molecule has 3 rings (SSSR count). The number of benzene rings is 1. The molecule has 2 aromatic rings. The van der Waals surface area contributed by atoms with E-state index in [9.17, 15) is 8.42 Å². The minimum atomic E-state index is -3.77. The Bertz CT molecular complexity index is 902. The molecule has 0 spiro atoms. The van der Waals surface area contributed by atoms with Gasteiger partial charge in [-0.2, -0.15) is 4.31 Å². The number of methoxy groups -OCH3 is 2. The summed E-state index contributed by atoms with van der Waals surface area (Å²) in [6.45, 7) is 2.66. The lowest BCUT2D eigenvalue weighted by molar-refractivity contribution is 0.119. The number of rotatable bonds is 7. The van der Waals surface area contributed by atoms with Crippen LogP contribution in [0.1, 0.15) is 25.3 Å². The number of sulfonamides is 1. The second-order valence-electron chi connectivity index (χ2n) is 6.49. The molecular formula is C19H25N3O5S. The third kappa shape index (κ3) is 4.36. The van der Waals surface area contributed by atoms with Crippen molar-refractivity contribution in [3.05, 3.63) is 36.2 Å². The van der Waals surface area contributed by atoms with Crippen molar-refractivity contribution < 1.29 is 22.6 Å². The van der Waals surface area contributed by atoms with Crippen molar-refractivity contribution in [1.82, 2.24) is 14.3 Å². The number of hydrogen-bond donors (Lipinski definition) is 0. The molecule has 0 aliphatic carbocycles. The van der Waals surface area contributed by atoms with Crippen LogP contribution >= 0.6 is 0 Å². The number of aromatic nitrogens is 2. The molecule has 0 bridgehead atoms. The predicted octanol–water partition coefficient (Wildman–Crippen LogP) is 2.29. The minimum absolute atomic E-state index is 0.0820. The standard InChI is InChI=1S/C19H25N3O5S/c1-4-14-11-20-19(21-12-14)27-16-6-5-9-22(13-16)28(23,24)18-10-15(25-2)7-8-17(18)26-3/h7-8,10-12,16H,4-6,9,13H2,1-3H3. The smallest absolute Gasteiger partial charge is 0.316 e. The van der Waals surface area contributed by atoms with Crippen LogP contribution in [0, 0.1) is 0 Å². The number of hydrogen-bond acceptors (Lipinski definition) is 7. The zero-order valence-corrected chi connectivity index (χ0v) is 17.1. The van der Waals surface area contributed by atoms with E-state index in [1.807, 2.05) is 6.92 Å². The highest BCUT2D eigenvalue weighted by Gasteiger charge is 2.33. The van der Waals surface area contributed by atoms with Gasteiger partial charge < -0.3 is 14.2 Å². The summed E-state index contributed by atoms with van der Waals surface area (Å²) in [4.78, 5) is 8.48. The average molecular weight is 407 g/mol. The van der Waals surface area contributed by atoms with E-state index in [1.54, 1.807) is 24.5 Å². The fourth-order valence-corrected chi connectivity index (χ4v) is 4.76. The molecule has 1 fully saturated rings. The van der Waals surface area contributed by atoms with E-state index in [1.165, 1.54) is 24.6 Å². The van der Waals surface area contributed by atoms with E-state index in [2.05, 4.69) is 9.97 Å². The summed E-state index contributed by atoms with van der Waals surface area (Å²) in [5.74, 6) is 0.732. The maximum absolute atomic E-state index is 13.2. The Morgan fingerprint density at radius 1 is 1.18 bits per heavy atom. The predicted molar refractivity (Wildman–Crippen MR) is 103 cm³/mol. The minimum Gasteiger partial charge on any atom is -0.497 e. The van der Waals surface area contributed by atoms with E-state index < -0.39 is 10.0 Å². The van der Waals surface area contributed by atoms with Gasteiger partial charge in [0.1, 0.15) is 22.5 Å². The van der Waals surface area contributed by atoms with Gasteiger partial charge in [-0.1, -0.05) is 6.92 Å². The van der Waals surface area contributed by atoms with Gasteiger partial charge in [-0.3, -0.25) is 0 Å². The van der Waals surface area contributed by atoms with Crippen molar-refractivity contribution in [2.45, 2.75) is 37.2 Å². The lowest BCUT2D eigenvalue weighted by Crippen LogP contribution is -2.44. The first-order valence-electron chi connectivity index (χ1n) is 9.17. The SMILES string of the molecule is CCc1cnc(OC2CCCN(S(=O)(=O)c3cc(OC)ccc3OC)C2)nc1. The molecule has 28 heavy (non-hydrogen) atoms. The molecule has 1 aliphatic heterocycles. The Hall–Kier alpha value is -2.39. The molecule has 152 valence electrons. The summed E-state index contributed by atoms with van der Waals surface area (Å²) in [7, 11) is -0.828.